The quantitative estimate of drug-likeness (QED) is 0.769. The molecule has 0 aliphatic heterocycles. The molecule has 1 heterocycles. The minimum absolute atomic E-state index is 0.156. The van der Waals surface area contributed by atoms with Gasteiger partial charge in [-0.3, -0.25) is 0 Å². The maximum atomic E-state index is 11.2. The second-order valence-corrected chi connectivity index (χ2v) is 6.28. The molecule has 0 amide bonds. The summed E-state index contributed by atoms with van der Waals surface area (Å²) in [6.07, 6.45) is 2.51. The summed E-state index contributed by atoms with van der Waals surface area (Å²) < 4.78 is 22.4. The van der Waals surface area contributed by atoms with Crippen LogP contribution in [0.4, 0.5) is 5.82 Å². The lowest BCUT2D eigenvalue weighted by molar-refractivity contribution is 0.590. The summed E-state index contributed by atoms with van der Waals surface area (Å²) >= 11 is 0. The van der Waals surface area contributed by atoms with Crippen molar-refractivity contribution < 1.29 is 8.42 Å². The van der Waals surface area contributed by atoms with E-state index in [1.807, 2.05) is 20.8 Å². The minimum atomic E-state index is -3.34. The molecule has 0 saturated heterocycles. The number of nitrogens with one attached hydrogen (secondary N) is 1. The summed E-state index contributed by atoms with van der Waals surface area (Å²) in [6, 6.07) is 1.64. The van der Waals surface area contributed by atoms with Crippen molar-refractivity contribution >= 4 is 15.7 Å². The zero-order valence-electron chi connectivity index (χ0n) is 9.27. The number of hydrogen-bond donors (Lipinski definition) is 1. The molecule has 1 aromatic heterocycles. The molecule has 0 atom stereocenters. The molecule has 1 N–H and O–H groups in total. The van der Waals surface area contributed by atoms with Crippen LogP contribution in [0.5, 0.6) is 0 Å². The molecule has 0 aromatic carbocycles. The Bertz CT molecular complexity index is 449. The van der Waals surface area contributed by atoms with Gasteiger partial charge in [0, 0.05) is 18.0 Å². The van der Waals surface area contributed by atoms with Crippen molar-refractivity contribution in [3.63, 3.8) is 0 Å². The molecule has 0 saturated carbocycles. The molecule has 0 radical (unpaired) electrons. The minimum Gasteiger partial charge on any atom is -0.365 e. The SMILES string of the molecule is CC(C)(C)Nc1ccnc(S(C)(=O)=O)n1. The first-order valence-corrected chi connectivity index (χ1v) is 6.39. The van der Waals surface area contributed by atoms with Crippen LogP contribution in [0.1, 0.15) is 20.8 Å². The first-order chi connectivity index (χ1) is 6.68. The molecule has 6 heteroatoms. The molecule has 0 fully saturated rings. The predicted molar refractivity (Wildman–Crippen MR) is 58.5 cm³/mol. The zero-order valence-corrected chi connectivity index (χ0v) is 10.1. The van der Waals surface area contributed by atoms with Gasteiger partial charge in [0.1, 0.15) is 5.82 Å². The average molecular weight is 229 g/mol. The first-order valence-electron chi connectivity index (χ1n) is 4.50. The summed E-state index contributed by atoms with van der Waals surface area (Å²) in [7, 11) is -3.34. The number of sulfone groups is 1. The van der Waals surface area contributed by atoms with Gasteiger partial charge in [-0.05, 0) is 26.8 Å². The van der Waals surface area contributed by atoms with Crippen molar-refractivity contribution in [2.45, 2.75) is 31.5 Å². The van der Waals surface area contributed by atoms with Gasteiger partial charge >= 0.3 is 0 Å². The molecule has 0 spiro atoms. The van der Waals surface area contributed by atoms with Crippen LogP contribution >= 0.6 is 0 Å². The highest BCUT2D eigenvalue weighted by molar-refractivity contribution is 7.90. The standard InChI is InChI=1S/C9H15N3O2S/c1-9(2,3)12-7-5-6-10-8(11-7)15(4,13)14/h5-6H,1-4H3,(H,10,11,12). The summed E-state index contributed by atoms with van der Waals surface area (Å²) in [6.45, 7) is 5.90. The molecule has 15 heavy (non-hydrogen) atoms. The zero-order chi connectivity index (χ0) is 11.7. The third kappa shape index (κ3) is 3.83. The van der Waals surface area contributed by atoms with E-state index in [-0.39, 0.29) is 10.7 Å². The Balaban J connectivity index is 3.04. The fourth-order valence-electron chi connectivity index (χ4n) is 0.973. The van der Waals surface area contributed by atoms with Crippen LogP contribution in [0.25, 0.3) is 0 Å². The highest BCUT2D eigenvalue weighted by atomic mass is 32.2. The molecule has 0 bridgehead atoms. The van der Waals surface area contributed by atoms with Gasteiger partial charge in [0.05, 0.1) is 0 Å². The van der Waals surface area contributed by atoms with E-state index in [9.17, 15) is 8.42 Å². The fraction of sp³-hybridized carbons (Fsp3) is 0.556. The number of anilines is 1. The number of aromatic nitrogens is 2. The normalized spacial score (nSPS) is 12.5. The second-order valence-electron chi connectivity index (χ2n) is 4.37. The lowest BCUT2D eigenvalue weighted by Crippen LogP contribution is -2.27. The van der Waals surface area contributed by atoms with Crippen LogP contribution in [0.2, 0.25) is 0 Å². The van der Waals surface area contributed by atoms with Crippen LogP contribution in [0, 0.1) is 0 Å². The highest BCUT2D eigenvalue weighted by Crippen LogP contribution is 2.12. The van der Waals surface area contributed by atoms with Crippen molar-refractivity contribution in [2.24, 2.45) is 0 Å². The van der Waals surface area contributed by atoms with E-state index in [1.165, 1.54) is 6.20 Å². The molecule has 84 valence electrons. The van der Waals surface area contributed by atoms with Gasteiger partial charge in [-0.15, -0.1) is 0 Å². The molecule has 0 aliphatic carbocycles. The Kier molecular flexibility index (Phi) is 2.99. The van der Waals surface area contributed by atoms with Crippen molar-refractivity contribution in [3.05, 3.63) is 12.3 Å². The van der Waals surface area contributed by atoms with Crippen molar-refractivity contribution in [1.82, 2.24) is 9.97 Å². The van der Waals surface area contributed by atoms with E-state index in [2.05, 4.69) is 15.3 Å². The van der Waals surface area contributed by atoms with E-state index in [0.29, 0.717) is 5.82 Å². The summed E-state index contributed by atoms with van der Waals surface area (Å²) in [5.41, 5.74) is -0.164. The van der Waals surface area contributed by atoms with Crippen LogP contribution < -0.4 is 5.32 Å². The van der Waals surface area contributed by atoms with Crippen molar-refractivity contribution in [1.29, 1.82) is 0 Å². The van der Waals surface area contributed by atoms with Gasteiger partial charge in [-0.1, -0.05) is 0 Å². The topological polar surface area (TPSA) is 72.0 Å². The molecule has 5 nitrogen and oxygen atoms in total. The van der Waals surface area contributed by atoms with E-state index >= 15 is 0 Å². The molecular weight excluding hydrogens is 214 g/mol. The highest BCUT2D eigenvalue weighted by Gasteiger charge is 2.14. The molecule has 1 aromatic rings. The van der Waals surface area contributed by atoms with Gasteiger partial charge in [0.2, 0.25) is 15.0 Å². The summed E-state index contributed by atoms with van der Waals surface area (Å²) in [4.78, 5) is 7.62. The lowest BCUT2D eigenvalue weighted by Gasteiger charge is -2.21. The van der Waals surface area contributed by atoms with E-state index < -0.39 is 9.84 Å². The van der Waals surface area contributed by atoms with Gasteiger partial charge in [-0.2, -0.15) is 0 Å². The van der Waals surface area contributed by atoms with Crippen LogP contribution in [-0.2, 0) is 9.84 Å². The third-order valence-electron chi connectivity index (χ3n) is 1.47. The van der Waals surface area contributed by atoms with Crippen molar-refractivity contribution in [3.8, 4) is 0 Å². The number of hydrogen-bond acceptors (Lipinski definition) is 5. The number of nitrogens with zero attached hydrogens (tertiary/aromatic N) is 2. The van der Waals surface area contributed by atoms with Gasteiger partial charge in [0.25, 0.3) is 0 Å². The Hall–Kier alpha value is -1.17. The van der Waals surface area contributed by atoms with Gasteiger partial charge < -0.3 is 5.32 Å². The van der Waals surface area contributed by atoms with Crippen molar-refractivity contribution in [2.75, 3.05) is 11.6 Å². The Morgan fingerprint density at radius 3 is 2.40 bits per heavy atom. The maximum absolute atomic E-state index is 11.2. The largest absolute Gasteiger partial charge is 0.365 e. The Labute approximate surface area is 89.9 Å². The predicted octanol–water partition coefficient (Wildman–Crippen LogP) is 1.09. The summed E-state index contributed by atoms with van der Waals surface area (Å²) in [5, 5.41) is 2.92. The lowest BCUT2D eigenvalue weighted by atomic mass is 10.1. The van der Waals surface area contributed by atoms with Crippen LogP contribution in [0.3, 0.4) is 0 Å². The Morgan fingerprint density at radius 1 is 1.33 bits per heavy atom. The second kappa shape index (κ2) is 3.77. The van der Waals surface area contributed by atoms with Crippen LogP contribution in [-0.4, -0.2) is 30.2 Å². The Morgan fingerprint density at radius 2 is 1.93 bits per heavy atom. The average Bonchev–Trinajstić information content (AvgIpc) is 1.99. The molecule has 0 aliphatic rings. The smallest absolute Gasteiger partial charge is 0.248 e. The van der Waals surface area contributed by atoms with Crippen LogP contribution in [0.15, 0.2) is 17.4 Å². The van der Waals surface area contributed by atoms with Gasteiger partial charge in [-0.25, -0.2) is 18.4 Å². The third-order valence-corrected chi connectivity index (χ3v) is 2.33. The first kappa shape index (κ1) is 11.9. The molecule has 0 unspecified atom stereocenters. The fourth-order valence-corrected chi connectivity index (χ4v) is 1.49. The monoisotopic (exact) mass is 229 g/mol. The van der Waals surface area contributed by atoms with Gasteiger partial charge in [0.15, 0.2) is 0 Å². The maximum Gasteiger partial charge on any atom is 0.248 e. The summed E-state index contributed by atoms with van der Waals surface area (Å²) in [5.74, 6) is 0.512. The van der Waals surface area contributed by atoms with E-state index in [4.69, 9.17) is 0 Å². The molecular formula is C9H15N3O2S. The van der Waals surface area contributed by atoms with E-state index in [0.717, 1.165) is 6.26 Å². The van der Waals surface area contributed by atoms with E-state index in [1.54, 1.807) is 6.07 Å². The number of rotatable bonds is 2. The molecule has 1 rings (SSSR count).